The van der Waals surface area contributed by atoms with E-state index in [9.17, 15) is 0 Å². The maximum atomic E-state index is 4.42. The molecule has 0 radical (unpaired) electrons. The van der Waals surface area contributed by atoms with E-state index in [2.05, 4.69) is 46.8 Å². The molecule has 0 fully saturated rings. The maximum Gasteiger partial charge on any atom is 0.122 e. The van der Waals surface area contributed by atoms with Crippen molar-refractivity contribution in [2.45, 2.75) is 45.8 Å². The molecule has 0 saturated carbocycles. The SMILES string of the molecule is Cn1nccc1CCn1ccnc1CNC(C)(C)C. The molecular weight excluding hydrogens is 238 g/mol. The van der Waals surface area contributed by atoms with Crippen LogP contribution in [0.15, 0.2) is 24.7 Å². The van der Waals surface area contributed by atoms with E-state index in [0.717, 1.165) is 25.3 Å². The third kappa shape index (κ3) is 3.92. The number of hydrogen-bond acceptors (Lipinski definition) is 3. The van der Waals surface area contributed by atoms with Crippen LogP contribution in [0.1, 0.15) is 32.3 Å². The third-order valence-electron chi connectivity index (χ3n) is 3.11. The lowest BCUT2D eigenvalue weighted by Crippen LogP contribution is -2.36. The minimum Gasteiger partial charge on any atom is -0.333 e. The summed E-state index contributed by atoms with van der Waals surface area (Å²) in [6, 6.07) is 2.06. The second-order valence-electron chi connectivity index (χ2n) is 5.84. The van der Waals surface area contributed by atoms with Crippen molar-refractivity contribution in [2.24, 2.45) is 7.05 Å². The minimum atomic E-state index is 0.110. The molecule has 0 atom stereocenters. The summed E-state index contributed by atoms with van der Waals surface area (Å²) in [6.45, 7) is 8.21. The Balaban J connectivity index is 1.94. The molecule has 0 unspecified atom stereocenters. The van der Waals surface area contributed by atoms with Crippen molar-refractivity contribution in [3.63, 3.8) is 0 Å². The topological polar surface area (TPSA) is 47.7 Å². The van der Waals surface area contributed by atoms with E-state index in [-0.39, 0.29) is 5.54 Å². The molecule has 5 nitrogen and oxygen atoms in total. The number of nitrogens with one attached hydrogen (secondary N) is 1. The Morgan fingerprint density at radius 3 is 2.68 bits per heavy atom. The van der Waals surface area contributed by atoms with Gasteiger partial charge in [0.15, 0.2) is 0 Å². The molecule has 2 rings (SSSR count). The predicted octanol–water partition coefficient (Wildman–Crippen LogP) is 1.75. The van der Waals surface area contributed by atoms with Gasteiger partial charge in [0.05, 0.1) is 6.54 Å². The monoisotopic (exact) mass is 261 g/mol. The number of hydrogen-bond donors (Lipinski definition) is 1. The fourth-order valence-corrected chi connectivity index (χ4v) is 1.94. The Hall–Kier alpha value is -1.62. The van der Waals surface area contributed by atoms with Crippen LogP contribution in [0.3, 0.4) is 0 Å². The number of aryl methyl sites for hydroxylation is 3. The van der Waals surface area contributed by atoms with E-state index in [0.29, 0.717) is 0 Å². The Morgan fingerprint density at radius 2 is 2.05 bits per heavy atom. The van der Waals surface area contributed by atoms with Gasteiger partial charge in [-0.15, -0.1) is 0 Å². The van der Waals surface area contributed by atoms with Gasteiger partial charge in [-0.05, 0) is 26.8 Å². The summed E-state index contributed by atoms with van der Waals surface area (Å²) in [5, 5.41) is 7.66. The quantitative estimate of drug-likeness (QED) is 0.892. The zero-order chi connectivity index (χ0) is 13.9. The van der Waals surface area contributed by atoms with Gasteiger partial charge in [0.25, 0.3) is 0 Å². The highest BCUT2D eigenvalue weighted by Crippen LogP contribution is 2.06. The first-order chi connectivity index (χ1) is 8.96. The van der Waals surface area contributed by atoms with Crippen molar-refractivity contribution in [3.8, 4) is 0 Å². The molecule has 5 heteroatoms. The Kier molecular flexibility index (Phi) is 4.04. The zero-order valence-corrected chi connectivity index (χ0v) is 12.2. The van der Waals surface area contributed by atoms with Gasteiger partial charge in [0.2, 0.25) is 0 Å². The number of imidazole rings is 1. The van der Waals surface area contributed by atoms with Crippen molar-refractivity contribution in [2.75, 3.05) is 0 Å². The number of rotatable bonds is 5. The molecule has 2 aromatic heterocycles. The summed E-state index contributed by atoms with van der Waals surface area (Å²) in [7, 11) is 1.98. The first-order valence-electron chi connectivity index (χ1n) is 6.67. The minimum absolute atomic E-state index is 0.110. The third-order valence-corrected chi connectivity index (χ3v) is 3.11. The summed E-state index contributed by atoms with van der Waals surface area (Å²) in [5.41, 5.74) is 1.35. The van der Waals surface area contributed by atoms with Crippen LogP contribution in [0.25, 0.3) is 0 Å². The molecule has 0 spiro atoms. The molecule has 0 aliphatic carbocycles. The Morgan fingerprint density at radius 1 is 1.26 bits per heavy atom. The lowest BCUT2D eigenvalue weighted by Gasteiger charge is -2.20. The highest BCUT2D eigenvalue weighted by Gasteiger charge is 2.11. The maximum absolute atomic E-state index is 4.42. The Labute approximate surface area is 114 Å². The van der Waals surface area contributed by atoms with Gasteiger partial charge >= 0.3 is 0 Å². The fourth-order valence-electron chi connectivity index (χ4n) is 1.94. The van der Waals surface area contributed by atoms with Gasteiger partial charge in [-0.25, -0.2) is 4.98 Å². The van der Waals surface area contributed by atoms with E-state index in [1.807, 2.05) is 30.3 Å². The smallest absolute Gasteiger partial charge is 0.122 e. The molecule has 19 heavy (non-hydrogen) atoms. The van der Waals surface area contributed by atoms with Crippen molar-refractivity contribution >= 4 is 0 Å². The highest BCUT2D eigenvalue weighted by atomic mass is 15.3. The van der Waals surface area contributed by atoms with E-state index in [4.69, 9.17) is 0 Å². The van der Waals surface area contributed by atoms with Gasteiger partial charge < -0.3 is 9.88 Å². The van der Waals surface area contributed by atoms with Crippen LogP contribution in [0.2, 0.25) is 0 Å². The molecule has 2 heterocycles. The van der Waals surface area contributed by atoms with Crippen molar-refractivity contribution in [1.82, 2.24) is 24.6 Å². The second kappa shape index (κ2) is 5.57. The summed E-state index contributed by atoms with van der Waals surface area (Å²) >= 11 is 0. The van der Waals surface area contributed by atoms with E-state index >= 15 is 0 Å². The molecule has 0 aromatic carbocycles. The van der Waals surface area contributed by atoms with Crippen LogP contribution < -0.4 is 5.32 Å². The highest BCUT2D eigenvalue weighted by molar-refractivity contribution is 5.01. The zero-order valence-electron chi connectivity index (χ0n) is 12.2. The molecule has 0 aliphatic heterocycles. The molecular formula is C14H23N5. The van der Waals surface area contributed by atoms with Gasteiger partial charge in [0, 0.05) is 49.8 Å². The largest absolute Gasteiger partial charge is 0.333 e. The predicted molar refractivity (Wildman–Crippen MR) is 75.7 cm³/mol. The summed E-state index contributed by atoms with van der Waals surface area (Å²) in [5.74, 6) is 1.08. The van der Waals surface area contributed by atoms with Gasteiger partial charge in [-0.1, -0.05) is 0 Å². The average molecular weight is 261 g/mol. The molecule has 104 valence electrons. The van der Waals surface area contributed by atoms with Crippen LogP contribution >= 0.6 is 0 Å². The average Bonchev–Trinajstić information content (AvgIpc) is 2.91. The lowest BCUT2D eigenvalue weighted by atomic mass is 10.1. The van der Waals surface area contributed by atoms with Crippen LogP contribution in [-0.2, 0) is 26.6 Å². The van der Waals surface area contributed by atoms with E-state index in [1.54, 1.807) is 0 Å². The van der Waals surface area contributed by atoms with Crippen molar-refractivity contribution in [3.05, 3.63) is 36.2 Å². The van der Waals surface area contributed by atoms with E-state index in [1.165, 1.54) is 5.69 Å². The Bertz CT molecular complexity index is 518. The van der Waals surface area contributed by atoms with Gasteiger partial charge in [-0.2, -0.15) is 5.10 Å². The van der Waals surface area contributed by atoms with Crippen molar-refractivity contribution < 1.29 is 0 Å². The summed E-state index contributed by atoms with van der Waals surface area (Å²) < 4.78 is 4.12. The van der Waals surface area contributed by atoms with E-state index < -0.39 is 0 Å². The second-order valence-corrected chi connectivity index (χ2v) is 5.84. The molecule has 0 amide bonds. The fraction of sp³-hybridized carbons (Fsp3) is 0.571. The van der Waals surface area contributed by atoms with Crippen LogP contribution in [-0.4, -0.2) is 24.9 Å². The standard InChI is InChI=1S/C14H23N5/c1-14(2,3)16-11-13-15-8-10-19(13)9-6-12-5-7-17-18(12)4/h5,7-8,10,16H,6,9,11H2,1-4H3. The van der Waals surface area contributed by atoms with Gasteiger partial charge in [-0.3, -0.25) is 4.68 Å². The van der Waals surface area contributed by atoms with Crippen LogP contribution in [0.5, 0.6) is 0 Å². The summed E-state index contributed by atoms with van der Waals surface area (Å²) in [4.78, 5) is 4.42. The van der Waals surface area contributed by atoms with Crippen LogP contribution in [0, 0.1) is 0 Å². The van der Waals surface area contributed by atoms with Crippen LogP contribution in [0.4, 0.5) is 0 Å². The molecule has 0 bridgehead atoms. The molecule has 2 aromatic rings. The summed E-state index contributed by atoms with van der Waals surface area (Å²) in [6.07, 6.45) is 6.71. The van der Waals surface area contributed by atoms with Gasteiger partial charge in [0.1, 0.15) is 5.82 Å². The first-order valence-corrected chi connectivity index (χ1v) is 6.67. The molecule has 0 aliphatic rings. The molecule has 0 saturated heterocycles. The number of nitrogens with zero attached hydrogens (tertiary/aromatic N) is 4. The number of aromatic nitrogens is 4. The normalized spacial score (nSPS) is 12.0. The lowest BCUT2D eigenvalue weighted by molar-refractivity contribution is 0.411. The molecule has 1 N–H and O–H groups in total. The first kappa shape index (κ1) is 13.8. The van der Waals surface area contributed by atoms with Crippen molar-refractivity contribution in [1.29, 1.82) is 0 Å².